The van der Waals surface area contributed by atoms with Gasteiger partial charge in [-0.3, -0.25) is 14.6 Å². The summed E-state index contributed by atoms with van der Waals surface area (Å²) in [7, 11) is 0. The third-order valence-electron chi connectivity index (χ3n) is 7.43. The Labute approximate surface area is 224 Å². The summed E-state index contributed by atoms with van der Waals surface area (Å²) in [6, 6.07) is 23.0. The highest BCUT2D eigenvalue weighted by Gasteiger charge is 2.26. The van der Waals surface area contributed by atoms with Crippen LogP contribution >= 0.6 is 23.2 Å². The summed E-state index contributed by atoms with van der Waals surface area (Å²) in [6.07, 6.45) is 3.02. The smallest absolute Gasteiger partial charge is 0.224 e. The van der Waals surface area contributed by atoms with Crippen LogP contribution in [0.1, 0.15) is 40.7 Å². The zero-order chi connectivity index (χ0) is 24.9. The lowest BCUT2D eigenvalue weighted by Gasteiger charge is -2.32. The first kappa shape index (κ1) is 25.3. The zero-order valence-electron chi connectivity index (χ0n) is 20.6. The first-order valence-electron chi connectivity index (χ1n) is 12.8. The second kappa shape index (κ2) is 11.8. The van der Waals surface area contributed by atoms with Gasteiger partial charge >= 0.3 is 0 Å². The van der Waals surface area contributed by atoms with E-state index in [2.05, 4.69) is 63.6 Å². The molecule has 188 valence electrons. The van der Waals surface area contributed by atoms with Crippen LogP contribution in [0.5, 0.6) is 0 Å². The number of rotatable bonds is 7. The Morgan fingerprint density at radius 2 is 1.56 bits per heavy atom. The molecule has 1 fully saturated rings. The van der Waals surface area contributed by atoms with Crippen LogP contribution in [-0.4, -0.2) is 35.3 Å². The molecule has 1 unspecified atom stereocenters. The van der Waals surface area contributed by atoms with E-state index in [0.717, 1.165) is 63.1 Å². The lowest BCUT2D eigenvalue weighted by Crippen LogP contribution is -2.42. The molecule has 2 aliphatic heterocycles. The first-order chi connectivity index (χ1) is 17.5. The minimum atomic E-state index is -0.0127. The second-order valence-electron chi connectivity index (χ2n) is 10.0. The molecular weight excluding hydrogens is 489 g/mol. The van der Waals surface area contributed by atoms with E-state index in [4.69, 9.17) is 23.2 Å². The number of nitrogens with zero attached hydrogens (tertiary/aromatic N) is 2. The van der Waals surface area contributed by atoms with Crippen molar-refractivity contribution in [1.29, 1.82) is 0 Å². The molecule has 1 N–H and O–H groups in total. The van der Waals surface area contributed by atoms with Crippen molar-refractivity contribution in [3.63, 3.8) is 0 Å². The third kappa shape index (κ3) is 6.30. The van der Waals surface area contributed by atoms with E-state index in [9.17, 15) is 4.79 Å². The molecular formula is C30H33Cl2N3O. The van der Waals surface area contributed by atoms with Gasteiger partial charge in [-0.05, 0) is 60.2 Å². The molecule has 1 amide bonds. The van der Waals surface area contributed by atoms with E-state index in [-0.39, 0.29) is 11.8 Å². The van der Waals surface area contributed by atoms with Gasteiger partial charge in [0.15, 0.2) is 0 Å². The highest BCUT2D eigenvalue weighted by atomic mass is 35.5. The van der Waals surface area contributed by atoms with Crippen LogP contribution in [0.3, 0.4) is 0 Å². The Kier molecular flexibility index (Phi) is 8.28. The van der Waals surface area contributed by atoms with E-state index in [0.29, 0.717) is 23.1 Å². The number of halogens is 2. The number of benzene rings is 3. The quantitative estimate of drug-likeness (QED) is 0.409. The molecule has 2 heterocycles. The average Bonchev–Trinajstić information content (AvgIpc) is 2.90. The molecule has 0 bridgehead atoms. The minimum Gasteiger partial charge on any atom is -0.352 e. The molecule has 36 heavy (non-hydrogen) atoms. The maximum absolute atomic E-state index is 12.9. The van der Waals surface area contributed by atoms with E-state index >= 15 is 0 Å². The highest BCUT2D eigenvalue weighted by Crippen LogP contribution is 2.28. The van der Waals surface area contributed by atoms with Crippen molar-refractivity contribution in [2.24, 2.45) is 5.92 Å². The predicted octanol–water partition coefficient (Wildman–Crippen LogP) is 6.08. The second-order valence-corrected chi connectivity index (χ2v) is 10.9. The van der Waals surface area contributed by atoms with E-state index in [1.807, 2.05) is 18.2 Å². The first-order valence-corrected chi connectivity index (χ1v) is 13.6. The maximum Gasteiger partial charge on any atom is 0.224 e. The van der Waals surface area contributed by atoms with Gasteiger partial charge in [-0.15, -0.1) is 0 Å². The van der Waals surface area contributed by atoms with Crippen LogP contribution in [0.4, 0.5) is 0 Å². The summed E-state index contributed by atoms with van der Waals surface area (Å²) in [6.45, 7) is 5.97. The van der Waals surface area contributed by atoms with E-state index in [1.165, 1.54) is 16.7 Å². The lowest BCUT2D eigenvalue weighted by atomic mass is 9.96. The minimum absolute atomic E-state index is 0.0127. The molecule has 5 rings (SSSR count). The molecule has 6 heteroatoms. The standard InChI is InChI=1S/C30H33Cl2N3O/c31-28-8-3-9-29(32)27(28)21-34-15-4-7-26(20-34)30(36)33-17-22-10-12-23(13-11-22)18-35-16-14-24-5-1-2-6-25(24)19-35/h1-3,5-6,8-13,26H,4,7,14-21H2,(H,33,36). The SMILES string of the molecule is O=C(NCc1ccc(CN2CCc3ccccc3C2)cc1)C1CCCN(Cc2c(Cl)cccc2Cl)C1. The summed E-state index contributed by atoms with van der Waals surface area (Å²) in [4.78, 5) is 17.7. The molecule has 2 aliphatic rings. The summed E-state index contributed by atoms with van der Waals surface area (Å²) in [5.41, 5.74) is 6.31. The molecule has 1 atom stereocenters. The van der Waals surface area contributed by atoms with Crippen LogP contribution in [0.25, 0.3) is 0 Å². The van der Waals surface area contributed by atoms with Crippen LogP contribution < -0.4 is 5.32 Å². The van der Waals surface area contributed by atoms with Crippen LogP contribution in [-0.2, 0) is 37.4 Å². The number of carbonyl (C=O) groups excluding carboxylic acids is 1. The highest BCUT2D eigenvalue weighted by molar-refractivity contribution is 6.35. The fourth-order valence-corrected chi connectivity index (χ4v) is 5.88. The molecule has 0 saturated carbocycles. The maximum atomic E-state index is 12.9. The Bertz CT molecular complexity index is 1180. The van der Waals surface area contributed by atoms with Crippen molar-refractivity contribution in [3.05, 3.63) is 105 Å². The summed E-state index contributed by atoms with van der Waals surface area (Å²) in [5.74, 6) is 0.113. The molecule has 4 nitrogen and oxygen atoms in total. The number of likely N-dealkylation sites (tertiary alicyclic amines) is 1. The van der Waals surface area contributed by atoms with Gasteiger partial charge in [0.25, 0.3) is 0 Å². The molecule has 3 aromatic rings. The average molecular weight is 523 g/mol. The molecule has 1 saturated heterocycles. The number of hydrogen-bond acceptors (Lipinski definition) is 3. The van der Waals surface area contributed by atoms with Gasteiger partial charge in [0.2, 0.25) is 5.91 Å². The van der Waals surface area contributed by atoms with Gasteiger partial charge < -0.3 is 5.32 Å². The van der Waals surface area contributed by atoms with Gasteiger partial charge in [-0.2, -0.15) is 0 Å². The van der Waals surface area contributed by atoms with Crippen molar-refractivity contribution >= 4 is 29.1 Å². The Morgan fingerprint density at radius 1 is 0.833 bits per heavy atom. The topological polar surface area (TPSA) is 35.6 Å². The molecule has 0 radical (unpaired) electrons. The number of fused-ring (bicyclic) bond motifs is 1. The van der Waals surface area contributed by atoms with Crippen molar-refractivity contribution in [3.8, 4) is 0 Å². The van der Waals surface area contributed by atoms with Crippen molar-refractivity contribution in [2.45, 2.75) is 45.4 Å². The Hall–Kier alpha value is -2.37. The largest absolute Gasteiger partial charge is 0.352 e. The molecule has 0 aliphatic carbocycles. The Morgan fingerprint density at radius 3 is 2.33 bits per heavy atom. The van der Waals surface area contributed by atoms with Crippen molar-refractivity contribution in [2.75, 3.05) is 19.6 Å². The number of carbonyl (C=O) groups is 1. The summed E-state index contributed by atoms with van der Waals surface area (Å²) >= 11 is 12.7. The third-order valence-corrected chi connectivity index (χ3v) is 8.13. The van der Waals surface area contributed by atoms with Gasteiger partial charge in [-0.1, -0.05) is 77.8 Å². The zero-order valence-corrected chi connectivity index (χ0v) is 22.1. The lowest BCUT2D eigenvalue weighted by molar-refractivity contribution is -0.126. The Balaban J connectivity index is 1.10. The normalized spacial score (nSPS) is 18.6. The number of hydrogen-bond donors (Lipinski definition) is 1. The van der Waals surface area contributed by atoms with Crippen molar-refractivity contribution in [1.82, 2.24) is 15.1 Å². The number of amides is 1. The van der Waals surface area contributed by atoms with Crippen molar-refractivity contribution < 1.29 is 4.79 Å². The molecule has 3 aromatic carbocycles. The molecule has 0 aromatic heterocycles. The van der Waals surface area contributed by atoms with Crippen LogP contribution in [0.15, 0.2) is 66.7 Å². The summed E-state index contributed by atoms with van der Waals surface area (Å²) < 4.78 is 0. The van der Waals surface area contributed by atoms with E-state index in [1.54, 1.807) is 0 Å². The summed E-state index contributed by atoms with van der Waals surface area (Å²) in [5, 5.41) is 4.53. The fraction of sp³-hybridized carbons (Fsp3) is 0.367. The fourth-order valence-electron chi connectivity index (χ4n) is 5.36. The van der Waals surface area contributed by atoms with Gasteiger partial charge in [-0.25, -0.2) is 0 Å². The number of piperidine rings is 1. The van der Waals surface area contributed by atoms with Gasteiger partial charge in [0.05, 0.1) is 5.92 Å². The van der Waals surface area contributed by atoms with Gasteiger partial charge in [0, 0.05) is 54.9 Å². The van der Waals surface area contributed by atoms with Gasteiger partial charge in [0.1, 0.15) is 0 Å². The number of nitrogens with one attached hydrogen (secondary N) is 1. The van der Waals surface area contributed by atoms with Crippen LogP contribution in [0.2, 0.25) is 10.0 Å². The predicted molar refractivity (Wildman–Crippen MR) is 147 cm³/mol. The molecule has 0 spiro atoms. The van der Waals surface area contributed by atoms with E-state index < -0.39 is 0 Å². The monoisotopic (exact) mass is 521 g/mol. The van der Waals surface area contributed by atoms with Crippen LogP contribution in [0, 0.1) is 5.92 Å².